The standard InChI is InChI=1S/C23H23F2N3O4/c1-13-5-7-23(2)12-27-11-16(19(29)20(30)18(27)22(32)28(23)8-6-13)21(31)26-10-14-3-4-15(24)9-17(14)25/h3-5,7,9,11,13,30H,6,8,10,12H2,1-2H3,(H,26,31). The van der Waals surface area contributed by atoms with Gasteiger partial charge in [-0.25, -0.2) is 8.78 Å². The Bertz CT molecular complexity index is 1210. The first-order valence-corrected chi connectivity index (χ1v) is 10.3. The number of halogens is 2. The van der Waals surface area contributed by atoms with Gasteiger partial charge in [-0.2, -0.15) is 0 Å². The third-order valence-corrected chi connectivity index (χ3v) is 6.10. The molecule has 0 aliphatic carbocycles. The van der Waals surface area contributed by atoms with E-state index in [1.54, 1.807) is 4.90 Å². The van der Waals surface area contributed by atoms with E-state index in [1.165, 1.54) is 16.8 Å². The highest BCUT2D eigenvalue weighted by Gasteiger charge is 2.43. The van der Waals surface area contributed by atoms with Crippen LogP contribution in [0.3, 0.4) is 0 Å². The molecule has 32 heavy (non-hydrogen) atoms. The summed E-state index contributed by atoms with van der Waals surface area (Å²) in [6.07, 6.45) is 5.98. The fraction of sp³-hybridized carbons (Fsp3) is 0.348. The van der Waals surface area contributed by atoms with Crippen molar-refractivity contribution in [3.8, 4) is 5.75 Å². The van der Waals surface area contributed by atoms with Gasteiger partial charge in [0.25, 0.3) is 11.8 Å². The average Bonchev–Trinajstić information content (AvgIpc) is 2.88. The van der Waals surface area contributed by atoms with Crippen LogP contribution in [0.2, 0.25) is 0 Å². The van der Waals surface area contributed by atoms with E-state index in [2.05, 4.69) is 5.32 Å². The zero-order valence-electron chi connectivity index (χ0n) is 17.7. The molecule has 0 spiro atoms. The van der Waals surface area contributed by atoms with Crippen molar-refractivity contribution >= 4 is 11.8 Å². The molecular formula is C23H23F2N3O4. The molecule has 2 aromatic rings. The molecule has 4 rings (SSSR count). The number of carbonyl (C=O) groups is 2. The lowest BCUT2D eigenvalue weighted by molar-refractivity contribution is 0.0478. The van der Waals surface area contributed by atoms with Crippen molar-refractivity contribution in [1.29, 1.82) is 0 Å². The van der Waals surface area contributed by atoms with Crippen molar-refractivity contribution < 1.29 is 23.5 Å². The molecule has 9 heteroatoms. The van der Waals surface area contributed by atoms with Gasteiger partial charge < -0.3 is 19.9 Å². The summed E-state index contributed by atoms with van der Waals surface area (Å²) in [5.41, 5.74) is -2.15. The predicted molar refractivity (Wildman–Crippen MR) is 112 cm³/mol. The Morgan fingerprint density at radius 3 is 2.78 bits per heavy atom. The lowest BCUT2D eigenvalue weighted by Gasteiger charge is -2.43. The van der Waals surface area contributed by atoms with Gasteiger partial charge in [-0.1, -0.05) is 25.1 Å². The predicted octanol–water partition coefficient (Wildman–Crippen LogP) is 2.57. The smallest absolute Gasteiger partial charge is 0.275 e. The Morgan fingerprint density at radius 2 is 2.06 bits per heavy atom. The van der Waals surface area contributed by atoms with Crippen molar-refractivity contribution in [1.82, 2.24) is 14.8 Å². The maximum absolute atomic E-state index is 13.8. The molecule has 0 bridgehead atoms. The molecule has 2 amide bonds. The number of hydrogen-bond donors (Lipinski definition) is 2. The molecule has 0 saturated heterocycles. The zero-order valence-corrected chi connectivity index (χ0v) is 17.7. The van der Waals surface area contributed by atoms with Crippen LogP contribution in [0.5, 0.6) is 5.75 Å². The number of aromatic nitrogens is 1. The molecule has 168 valence electrons. The Balaban J connectivity index is 1.67. The van der Waals surface area contributed by atoms with Crippen molar-refractivity contribution in [3.63, 3.8) is 0 Å². The van der Waals surface area contributed by atoms with E-state index >= 15 is 0 Å². The summed E-state index contributed by atoms with van der Waals surface area (Å²) in [6, 6.07) is 2.94. The normalized spacial score (nSPS) is 22.2. The molecule has 0 saturated carbocycles. The zero-order chi connectivity index (χ0) is 23.2. The molecular weight excluding hydrogens is 420 g/mol. The van der Waals surface area contributed by atoms with Gasteiger partial charge in [-0.3, -0.25) is 14.4 Å². The Labute approximate surface area is 183 Å². The number of allylic oxidation sites excluding steroid dienone is 1. The number of nitrogens with zero attached hydrogens (tertiary/aromatic N) is 2. The minimum Gasteiger partial charge on any atom is -0.503 e. The molecule has 1 aromatic heterocycles. The molecule has 2 atom stereocenters. The second-order valence-electron chi connectivity index (χ2n) is 8.55. The summed E-state index contributed by atoms with van der Waals surface area (Å²) in [5, 5.41) is 12.9. The monoisotopic (exact) mass is 443 g/mol. The second-order valence-corrected chi connectivity index (χ2v) is 8.55. The van der Waals surface area contributed by atoms with Gasteiger partial charge in [-0.15, -0.1) is 0 Å². The van der Waals surface area contributed by atoms with E-state index < -0.39 is 40.2 Å². The van der Waals surface area contributed by atoms with Crippen LogP contribution < -0.4 is 10.7 Å². The first-order valence-electron chi connectivity index (χ1n) is 10.3. The molecule has 0 radical (unpaired) electrons. The molecule has 2 aliphatic heterocycles. The van der Waals surface area contributed by atoms with Crippen LogP contribution >= 0.6 is 0 Å². The number of fused-ring (bicyclic) bond motifs is 2. The number of aromatic hydroxyl groups is 1. The van der Waals surface area contributed by atoms with Gasteiger partial charge in [-0.05, 0) is 25.3 Å². The fourth-order valence-electron chi connectivity index (χ4n) is 4.19. The van der Waals surface area contributed by atoms with E-state index in [9.17, 15) is 28.3 Å². The maximum Gasteiger partial charge on any atom is 0.275 e. The lowest BCUT2D eigenvalue weighted by Crippen LogP contribution is -2.56. The van der Waals surface area contributed by atoms with E-state index in [1.807, 2.05) is 26.0 Å². The SMILES string of the molecule is CC1C=CC2(C)Cn3cc(C(=O)NCc4ccc(F)cc4F)c(=O)c(O)c3C(=O)N2CC1. The highest BCUT2D eigenvalue weighted by molar-refractivity contribution is 5.99. The summed E-state index contributed by atoms with van der Waals surface area (Å²) in [5.74, 6) is -3.41. The summed E-state index contributed by atoms with van der Waals surface area (Å²) in [7, 11) is 0. The largest absolute Gasteiger partial charge is 0.503 e. The minimum absolute atomic E-state index is 0.0399. The molecule has 7 nitrogen and oxygen atoms in total. The van der Waals surface area contributed by atoms with Crippen LogP contribution in [0.15, 0.2) is 41.3 Å². The summed E-state index contributed by atoms with van der Waals surface area (Å²) < 4.78 is 28.3. The molecule has 2 N–H and O–H groups in total. The van der Waals surface area contributed by atoms with Crippen LogP contribution in [0.1, 0.15) is 46.7 Å². The van der Waals surface area contributed by atoms with Crippen LogP contribution in [0.25, 0.3) is 0 Å². The number of rotatable bonds is 3. The Kier molecular flexibility index (Phi) is 5.36. The topological polar surface area (TPSA) is 91.6 Å². The van der Waals surface area contributed by atoms with Crippen LogP contribution in [-0.2, 0) is 13.1 Å². The average molecular weight is 443 g/mol. The molecule has 2 aliphatic rings. The highest BCUT2D eigenvalue weighted by atomic mass is 19.1. The van der Waals surface area contributed by atoms with Crippen molar-refractivity contribution in [2.45, 2.75) is 38.9 Å². The minimum atomic E-state index is -0.982. The van der Waals surface area contributed by atoms with Crippen LogP contribution in [-0.4, -0.2) is 38.5 Å². The number of pyridine rings is 1. The van der Waals surface area contributed by atoms with Crippen LogP contribution in [0.4, 0.5) is 8.78 Å². The van der Waals surface area contributed by atoms with Gasteiger partial charge in [0.15, 0.2) is 11.4 Å². The fourth-order valence-corrected chi connectivity index (χ4v) is 4.19. The van der Waals surface area contributed by atoms with Crippen LogP contribution in [0, 0.1) is 17.6 Å². The first kappa shape index (κ1) is 21.7. The quantitative estimate of drug-likeness (QED) is 0.714. The summed E-state index contributed by atoms with van der Waals surface area (Å²) in [4.78, 5) is 40.1. The Morgan fingerprint density at radius 1 is 1.31 bits per heavy atom. The third-order valence-electron chi connectivity index (χ3n) is 6.10. The van der Waals surface area contributed by atoms with Gasteiger partial charge in [0, 0.05) is 37.5 Å². The van der Waals surface area contributed by atoms with E-state index in [0.717, 1.165) is 12.5 Å². The number of nitrogens with one attached hydrogen (secondary N) is 1. The number of amides is 2. The van der Waals surface area contributed by atoms with Crippen molar-refractivity contribution in [3.05, 3.63) is 75.2 Å². The number of hydrogen-bond acceptors (Lipinski definition) is 4. The first-order chi connectivity index (χ1) is 15.1. The van der Waals surface area contributed by atoms with Gasteiger partial charge >= 0.3 is 0 Å². The third kappa shape index (κ3) is 3.68. The maximum atomic E-state index is 13.8. The van der Waals surface area contributed by atoms with Crippen molar-refractivity contribution in [2.24, 2.45) is 5.92 Å². The van der Waals surface area contributed by atoms with Gasteiger partial charge in [0.2, 0.25) is 5.43 Å². The van der Waals surface area contributed by atoms with Crippen molar-refractivity contribution in [2.75, 3.05) is 6.54 Å². The molecule has 0 fully saturated rings. The molecule has 1 aromatic carbocycles. The van der Waals surface area contributed by atoms with Gasteiger partial charge in [0.05, 0.1) is 5.54 Å². The van der Waals surface area contributed by atoms with E-state index in [-0.39, 0.29) is 35.8 Å². The lowest BCUT2D eigenvalue weighted by atomic mass is 9.94. The second kappa shape index (κ2) is 7.89. The highest BCUT2D eigenvalue weighted by Crippen LogP contribution is 2.33. The summed E-state index contributed by atoms with van der Waals surface area (Å²) in [6.45, 7) is 4.37. The van der Waals surface area contributed by atoms with E-state index in [4.69, 9.17) is 0 Å². The van der Waals surface area contributed by atoms with E-state index in [0.29, 0.717) is 12.6 Å². The number of benzene rings is 1. The Hall–Kier alpha value is -3.49. The number of carbonyl (C=O) groups excluding carboxylic acids is 2. The summed E-state index contributed by atoms with van der Waals surface area (Å²) >= 11 is 0. The van der Waals surface area contributed by atoms with Gasteiger partial charge in [0.1, 0.15) is 17.2 Å². The molecule has 3 heterocycles. The molecule has 2 unspecified atom stereocenters.